The van der Waals surface area contributed by atoms with Crippen LogP contribution < -0.4 is 5.73 Å². The molecule has 0 aliphatic carbocycles. The lowest BCUT2D eigenvalue weighted by atomic mass is 10.3. The molecule has 1 atom stereocenters. The van der Waals surface area contributed by atoms with Crippen molar-refractivity contribution in [3.8, 4) is 0 Å². The number of fused-ring (bicyclic) bond motifs is 1. The van der Waals surface area contributed by atoms with E-state index in [-0.39, 0.29) is 18.4 Å². The highest BCUT2D eigenvalue weighted by atomic mass is 35.5. The summed E-state index contributed by atoms with van der Waals surface area (Å²) in [6.07, 6.45) is 0. The maximum Gasteiger partial charge on any atom is 0.126 e. The Balaban J connectivity index is 0.000000980. The van der Waals surface area contributed by atoms with Crippen molar-refractivity contribution in [3.05, 3.63) is 30.1 Å². The molecular formula is C10H14ClN3. The summed E-state index contributed by atoms with van der Waals surface area (Å²) in [5.74, 6) is 0.932. The molecule has 2 rings (SSSR count). The van der Waals surface area contributed by atoms with E-state index in [4.69, 9.17) is 5.73 Å². The molecule has 0 bridgehead atoms. The smallest absolute Gasteiger partial charge is 0.126 e. The van der Waals surface area contributed by atoms with Crippen molar-refractivity contribution in [2.75, 3.05) is 0 Å². The second kappa shape index (κ2) is 3.98. The number of para-hydroxylation sites is 2. The minimum absolute atomic E-state index is 0. The third-order valence-corrected chi connectivity index (χ3v) is 2.23. The predicted octanol–water partition coefficient (Wildman–Crippen LogP) is 2.01. The largest absolute Gasteiger partial charge is 0.330 e. The molecule has 2 aromatic rings. The first kappa shape index (κ1) is 11.0. The summed E-state index contributed by atoms with van der Waals surface area (Å²) in [5.41, 5.74) is 7.94. The Morgan fingerprint density at radius 1 is 1.36 bits per heavy atom. The van der Waals surface area contributed by atoms with E-state index in [9.17, 15) is 0 Å². The van der Waals surface area contributed by atoms with Crippen LogP contribution in [0.2, 0.25) is 0 Å². The fourth-order valence-electron chi connectivity index (χ4n) is 1.57. The predicted molar refractivity (Wildman–Crippen MR) is 60.6 cm³/mol. The standard InChI is InChI=1S/C10H13N3.ClH/c1-7(11)10-12-8-5-3-4-6-9(8)13(10)2;/h3-7H,11H2,1-2H3;1H. The summed E-state index contributed by atoms with van der Waals surface area (Å²) in [5, 5.41) is 0. The van der Waals surface area contributed by atoms with Crippen LogP contribution in [0.4, 0.5) is 0 Å². The van der Waals surface area contributed by atoms with Crippen LogP contribution in [0.3, 0.4) is 0 Å². The van der Waals surface area contributed by atoms with Crippen LogP contribution in [0.1, 0.15) is 18.8 Å². The average molecular weight is 212 g/mol. The molecule has 0 amide bonds. The SMILES string of the molecule is CC(N)c1nc2ccccc2n1C.Cl. The molecule has 3 nitrogen and oxygen atoms in total. The van der Waals surface area contributed by atoms with Crippen molar-refractivity contribution in [2.24, 2.45) is 12.8 Å². The molecule has 0 aliphatic heterocycles. The van der Waals surface area contributed by atoms with E-state index in [1.165, 1.54) is 0 Å². The molecule has 1 aromatic heterocycles. The lowest BCUT2D eigenvalue weighted by Crippen LogP contribution is -2.11. The average Bonchev–Trinajstić information content (AvgIpc) is 2.45. The van der Waals surface area contributed by atoms with E-state index in [0.717, 1.165) is 16.9 Å². The van der Waals surface area contributed by atoms with E-state index in [1.807, 2.05) is 42.8 Å². The van der Waals surface area contributed by atoms with Gasteiger partial charge in [0.2, 0.25) is 0 Å². The third-order valence-electron chi connectivity index (χ3n) is 2.23. The number of nitrogens with zero attached hydrogens (tertiary/aromatic N) is 2. The Bertz CT molecular complexity index is 434. The van der Waals surface area contributed by atoms with Gasteiger partial charge in [-0.2, -0.15) is 0 Å². The van der Waals surface area contributed by atoms with Gasteiger partial charge in [-0.1, -0.05) is 12.1 Å². The first-order valence-electron chi connectivity index (χ1n) is 4.37. The number of hydrogen-bond donors (Lipinski definition) is 1. The van der Waals surface area contributed by atoms with E-state index in [2.05, 4.69) is 4.98 Å². The van der Waals surface area contributed by atoms with Gasteiger partial charge in [0, 0.05) is 7.05 Å². The number of aromatic nitrogens is 2. The summed E-state index contributed by atoms with van der Waals surface area (Å²) in [4.78, 5) is 4.45. The van der Waals surface area contributed by atoms with Crippen LogP contribution in [-0.4, -0.2) is 9.55 Å². The Labute approximate surface area is 89.3 Å². The normalized spacial score (nSPS) is 12.5. The van der Waals surface area contributed by atoms with Gasteiger partial charge in [-0.3, -0.25) is 0 Å². The van der Waals surface area contributed by atoms with Gasteiger partial charge in [0.1, 0.15) is 5.82 Å². The van der Waals surface area contributed by atoms with Gasteiger partial charge in [0.05, 0.1) is 17.1 Å². The summed E-state index contributed by atoms with van der Waals surface area (Å²) < 4.78 is 2.04. The van der Waals surface area contributed by atoms with Gasteiger partial charge in [0.25, 0.3) is 0 Å². The fraction of sp³-hybridized carbons (Fsp3) is 0.300. The minimum Gasteiger partial charge on any atom is -0.330 e. The molecule has 1 unspecified atom stereocenters. The van der Waals surface area contributed by atoms with Crippen LogP contribution in [0.15, 0.2) is 24.3 Å². The Morgan fingerprint density at radius 3 is 2.57 bits per heavy atom. The van der Waals surface area contributed by atoms with Gasteiger partial charge < -0.3 is 10.3 Å². The zero-order valence-electron chi connectivity index (χ0n) is 8.27. The van der Waals surface area contributed by atoms with Gasteiger partial charge in [-0.25, -0.2) is 4.98 Å². The lowest BCUT2D eigenvalue weighted by molar-refractivity contribution is 0.696. The lowest BCUT2D eigenvalue weighted by Gasteiger charge is -2.04. The van der Waals surface area contributed by atoms with Crippen molar-refractivity contribution in [3.63, 3.8) is 0 Å². The third kappa shape index (κ3) is 1.61. The Morgan fingerprint density at radius 2 is 2.00 bits per heavy atom. The van der Waals surface area contributed by atoms with Crippen molar-refractivity contribution in [2.45, 2.75) is 13.0 Å². The molecule has 1 heterocycles. The van der Waals surface area contributed by atoms with Crippen LogP contribution in [0.5, 0.6) is 0 Å². The zero-order valence-corrected chi connectivity index (χ0v) is 9.08. The van der Waals surface area contributed by atoms with Crippen LogP contribution in [0.25, 0.3) is 11.0 Å². The monoisotopic (exact) mass is 211 g/mol. The number of halogens is 1. The molecule has 0 fully saturated rings. The first-order chi connectivity index (χ1) is 6.20. The number of benzene rings is 1. The molecule has 14 heavy (non-hydrogen) atoms. The molecule has 0 spiro atoms. The highest BCUT2D eigenvalue weighted by Crippen LogP contribution is 2.17. The van der Waals surface area contributed by atoms with E-state index < -0.39 is 0 Å². The van der Waals surface area contributed by atoms with Gasteiger partial charge in [0.15, 0.2) is 0 Å². The number of aryl methyl sites for hydroxylation is 1. The van der Waals surface area contributed by atoms with Gasteiger partial charge in [-0.15, -0.1) is 12.4 Å². The first-order valence-corrected chi connectivity index (χ1v) is 4.37. The summed E-state index contributed by atoms with van der Waals surface area (Å²) in [6, 6.07) is 8.03. The Kier molecular flexibility index (Phi) is 3.13. The number of hydrogen-bond acceptors (Lipinski definition) is 2. The molecule has 0 saturated heterocycles. The van der Waals surface area contributed by atoms with Gasteiger partial charge in [-0.05, 0) is 19.1 Å². The molecule has 0 aliphatic rings. The molecule has 76 valence electrons. The highest BCUT2D eigenvalue weighted by molar-refractivity contribution is 5.85. The van der Waals surface area contributed by atoms with Crippen molar-refractivity contribution >= 4 is 23.4 Å². The molecule has 2 N–H and O–H groups in total. The van der Waals surface area contributed by atoms with Crippen molar-refractivity contribution in [1.82, 2.24) is 9.55 Å². The maximum atomic E-state index is 5.80. The fourth-order valence-corrected chi connectivity index (χ4v) is 1.57. The minimum atomic E-state index is -0.0163. The molecule has 0 radical (unpaired) electrons. The van der Waals surface area contributed by atoms with Crippen LogP contribution in [-0.2, 0) is 7.05 Å². The van der Waals surface area contributed by atoms with E-state index >= 15 is 0 Å². The second-order valence-electron chi connectivity index (χ2n) is 3.31. The van der Waals surface area contributed by atoms with Crippen molar-refractivity contribution in [1.29, 1.82) is 0 Å². The number of rotatable bonds is 1. The quantitative estimate of drug-likeness (QED) is 0.785. The van der Waals surface area contributed by atoms with E-state index in [1.54, 1.807) is 0 Å². The zero-order chi connectivity index (χ0) is 9.42. The summed E-state index contributed by atoms with van der Waals surface area (Å²) in [7, 11) is 1.99. The van der Waals surface area contributed by atoms with E-state index in [0.29, 0.717) is 0 Å². The Hall–Kier alpha value is -1.06. The molecule has 0 saturated carbocycles. The summed E-state index contributed by atoms with van der Waals surface area (Å²) in [6.45, 7) is 1.95. The van der Waals surface area contributed by atoms with Crippen LogP contribution in [0, 0.1) is 0 Å². The molecule has 1 aromatic carbocycles. The topological polar surface area (TPSA) is 43.8 Å². The van der Waals surface area contributed by atoms with Gasteiger partial charge >= 0.3 is 0 Å². The summed E-state index contributed by atoms with van der Waals surface area (Å²) >= 11 is 0. The van der Waals surface area contributed by atoms with Crippen molar-refractivity contribution < 1.29 is 0 Å². The molecular weight excluding hydrogens is 198 g/mol. The highest BCUT2D eigenvalue weighted by Gasteiger charge is 2.09. The second-order valence-corrected chi connectivity index (χ2v) is 3.31. The maximum absolute atomic E-state index is 5.80. The number of imidazole rings is 1. The molecule has 4 heteroatoms. The number of nitrogens with two attached hydrogens (primary N) is 1. The van der Waals surface area contributed by atoms with Crippen LogP contribution >= 0.6 is 12.4 Å².